The maximum Gasteiger partial charge on any atom is 0.220 e. The minimum absolute atomic E-state index is 0.0368. The number of hydrogen-bond donors (Lipinski definition) is 1. The third kappa shape index (κ3) is 2.01. The average Bonchev–Trinajstić information content (AvgIpc) is 2.15. The molecule has 0 saturated heterocycles. The highest BCUT2D eigenvalue weighted by atomic mass is 16.5. The Morgan fingerprint density at radius 2 is 2.00 bits per heavy atom. The van der Waals surface area contributed by atoms with Crippen LogP contribution in [0.1, 0.15) is 32.0 Å². The fourth-order valence-corrected chi connectivity index (χ4v) is 1.40. The standard InChI is InChI=1S/C10H17N3O/c1-10(2,3)8-7(5-11)9(14-4)13-6-12-8/h6H,5,11H2,1-4H3. The number of hydrogen-bond acceptors (Lipinski definition) is 4. The topological polar surface area (TPSA) is 61.0 Å². The predicted molar refractivity (Wildman–Crippen MR) is 55.2 cm³/mol. The molecule has 0 spiro atoms. The number of nitrogens with zero attached hydrogens (tertiary/aromatic N) is 2. The zero-order chi connectivity index (χ0) is 10.8. The van der Waals surface area contributed by atoms with Crippen molar-refractivity contribution in [3.8, 4) is 5.88 Å². The Morgan fingerprint density at radius 1 is 1.36 bits per heavy atom. The highest BCUT2D eigenvalue weighted by Crippen LogP contribution is 2.27. The third-order valence-electron chi connectivity index (χ3n) is 2.01. The first-order valence-electron chi connectivity index (χ1n) is 4.59. The molecule has 0 radical (unpaired) electrons. The fourth-order valence-electron chi connectivity index (χ4n) is 1.40. The van der Waals surface area contributed by atoms with Gasteiger partial charge in [-0.15, -0.1) is 0 Å². The van der Waals surface area contributed by atoms with Crippen LogP contribution in [-0.2, 0) is 12.0 Å². The Hall–Kier alpha value is -1.16. The predicted octanol–water partition coefficient (Wildman–Crippen LogP) is 1.24. The molecule has 0 saturated carbocycles. The second-order valence-corrected chi connectivity index (χ2v) is 4.16. The lowest BCUT2D eigenvalue weighted by Crippen LogP contribution is -2.19. The van der Waals surface area contributed by atoms with Crippen LogP contribution in [0.4, 0.5) is 0 Å². The van der Waals surface area contributed by atoms with Crippen LogP contribution in [0.25, 0.3) is 0 Å². The lowest BCUT2D eigenvalue weighted by Gasteiger charge is -2.21. The van der Waals surface area contributed by atoms with Crippen LogP contribution in [0.2, 0.25) is 0 Å². The first-order valence-corrected chi connectivity index (χ1v) is 4.59. The van der Waals surface area contributed by atoms with Gasteiger partial charge in [0.2, 0.25) is 5.88 Å². The van der Waals surface area contributed by atoms with Crippen molar-refractivity contribution >= 4 is 0 Å². The van der Waals surface area contributed by atoms with Crippen LogP contribution >= 0.6 is 0 Å². The molecule has 4 nitrogen and oxygen atoms in total. The maximum absolute atomic E-state index is 5.66. The first-order chi connectivity index (χ1) is 6.50. The van der Waals surface area contributed by atoms with E-state index in [1.807, 2.05) is 0 Å². The second-order valence-electron chi connectivity index (χ2n) is 4.16. The number of rotatable bonds is 2. The van der Waals surface area contributed by atoms with E-state index in [-0.39, 0.29) is 5.41 Å². The van der Waals surface area contributed by atoms with Gasteiger partial charge >= 0.3 is 0 Å². The Morgan fingerprint density at radius 3 is 2.43 bits per heavy atom. The molecule has 0 atom stereocenters. The van der Waals surface area contributed by atoms with Crippen LogP contribution in [0.5, 0.6) is 5.88 Å². The summed E-state index contributed by atoms with van der Waals surface area (Å²) in [5.74, 6) is 0.576. The van der Waals surface area contributed by atoms with Gasteiger partial charge in [-0.25, -0.2) is 9.97 Å². The second kappa shape index (κ2) is 3.92. The van der Waals surface area contributed by atoms with Crippen LogP contribution in [0, 0.1) is 0 Å². The van der Waals surface area contributed by atoms with E-state index in [1.54, 1.807) is 7.11 Å². The maximum atomic E-state index is 5.66. The van der Waals surface area contributed by atoms with E-state index in [4.69, 9.17) is 10.5 Å². The van der Waals surface area contributed by atoms with E-state index in [2.05, 4.69) is 30.7 Å². The van der Waals surface area contributed by atoms with Gasteiger partial charge in [0.25, 0.3) is 0 Å². The average molecular weight is 195 g/mol. The minimum atomic E-state index is -0.0368. The summed E-state index contributed by atoms with van der Waals surface area (Å²) in [4.78, 5) is 8.29. The number of ether oxygens (including phenoxy) is 1. The zero-order valence-corrected chi connectivity index (χ0v) is 9.16. The third-order valence-corrected chi connectivity index (χ3v) is 2.01. The Kier molecular flexibility index (Phi) is 3.06. The minimum Gasteiger partial charge on any atom is -0.481 e. The van der Waals surface area contributed by atoms with Gasteiger partial charge in [0.05, 0.1) is 12.8 Å². The number of aromatic nitrogens is 2. The van der Waals surface area contributed by atoms with E-state index >= 15 is 0 Å². The van der Waals surface area contributed by atoms with Gasteiger partial charge in [0.1, 0.15) is 6.33 Å². The summed E-state index contributed by atoms with van der Waals surface area (Å²) in [7, 11) is 1.59. The van der Waals surface area contributed by atoms with Crippen LogP contribution in [-0.4, -0.2) is 17.1 Å². The van der Waals surface area contributed by atoms with Gasteiger partial charge in [-0.05, 0) is 0 Å². The molecular weight excluding hydrogens is 178 g/mol. The molecule has 2 N–H and O–H groups in total. The van der Waals surface area contributed by atoms with E-state index in [0.29, 0.717) is 12.4 Å². The van der Waals surface area contributed by atoms with Gasteiger partial charge in [0, 0.05) is 17.5 Å². The van der Waals surface area contributed by atoms with Crippen molar-refractivity contribution in [3.05, 3.63) is 17.6 Å². The van der Waals surface area contributed by atoms with E-state index in [0.717, 1.165) is 11.3 Å². The molecule has 1 aromatic rings. The molecule has 0 aliphatic rings. The van der Waals surface area contributed by atoms with Gasteiger partial charge in [-0.2, -0.15) is 0 Å². The summed E-state index contributed by atoms with van der Waals surface area (Å²) in [6.45, 7) is 6.67. The lowest BCUT2D eigenvalue weighted by atomic mass is 9.89. The number of nitrogens with two attached hydrogens (primary N) is 1. The smallest absolute Gasteiger partial charge is 0.220 e. The van der Waals surface area contributed by atoms with E-state index in [9.17, 15) is 0 Å². The van der Waals surface area contributed by atoms with Gasteiger partial charge in [0.15, 0.2) is 0 Å². The van der Waals surface area contributed by atoms with E-state index < -0.39 is 0 Å². The zero-order valence-electron chi connectivity index (χ0n) is 9.16. The Balaban J connectivity index is 3.29. The fraction of sp³-hybridized carbons (Fsp3) is 0.600. The largest absolute Gasteiger partial charge is 0.481 e. The molecule has 0 aliphatic carbocycles. The van der Waals surface area contributed by atoms with Crippen molar-refractivity contribution < 1.29 is 4.74 Å². The molecule has 0 bridgehead atoms. The molecule has 0 unspecified atom stereocenters. The lowest BCUT2D eigenvalue weighted by molar-refractivity contribution is 0.386. The summed E-state index contributed by atoms with van der Waals surface area (Å²) < 4.78 is 5.14. The van der Waals surface area contributed by atoms with E-state index in [1.165, 1.54) is 6.33 Å². The van der Waals surface area contributed by atoms with Crippen molar-refractivity contribution in [2.24, 2.45) is 5.73 Å². The molecule has 0 amide bonds. The number of methoxy groups -OCH3 is 1. The molecule has 4 heteroatoms. The van der Waals surface area contributed by atoms with Gasteiger partial charge in [-0.1, -0.05) is 20.8 Å². The Bertz CT molecular complexity index is 318. The van der Waals surface area contributed by atoms with Crippen molar-refractivity contribution in [1.82, 2.24) is 9.97 Å². The van der Waals surface area contributed by atoms with Crippen molar-refractivity contribution in [2.75, 3.05) is 7.11 Å². The highest BCUT2D eigenvalue weighted by Gasteiger charge is 2.22. The quantitative estimate of drug-likeness (QED) is 0.771. The van der Waals surface area contributed by atoms with Gasteiger partial charge in [-0.3, -0.25) is 0 Å². The van der Waals surface area contributed by atoms with Crippen molar-refractivity contribution in [1.29, 1.82) is 0 Å². The molecule has 14 heavy (non-hydrogen) atoms. The van der Waals surface area contributed by atoms with Crippen LogP contribution in [0.3, 0.4) is 0 Å². The molecule has 0 fully saturated rings. The summed E-state index contributed by atoms with van der Waals surface area (Å²) >= 11 is 0. The summed E-state index contributed by atoms with van der Waals surface area (Å²) in [5, 5.41) is 0. The monoisotopic (exact) mass is 195 g/mol. The molecule has 1 rings (SSSR count). The van der Waals surface area contributed by atoms with Crippen molar-refractivity contribution in [2.45, 2.75) is 32.7 Å². The summed E-state index contributed by atoms with van der Waals surface area (Å²) in [6.07, 6.45) is 1.51. The summed E-state index contributed by atoms with van der Waals surface area (Å²) in [6, 6.07) is 0. The van der Waals surface area contributed by atoms with Crippen molar-refractivity contribution in [3.63, 3.8) is 0 Å². The molecule has 1 aromatic heterocycles. The molecule has 0 aliphatic heterocycles. The Labute approximate surface area is 84.5 Å². The van der Waals surface area contributed by atoms with Crippen LogP contribution in [0.15, 0.2) is 6.33 Å². The summed E-state index contributed by atoms with van der Waals surface area (Å²) in [5.41, 5.74) is 7.47. The normalized spacial score (nSPS) is 11.5. The first kappa shape index (κ1) is 10.9. The highest BCUT2D eigenvalue weighted by molar-refractivity contribution is 5.33. The van der Waals surface area contributed by atoms with Crippen LogP contribution < -0.4 is 10.5 Å². The molecule has 78 valence electrons. The SMILES string of the molecule is COc1ncnc(C(C)(C)C)c1CN. The molecule has 1 heterocycles. The molecule has 0 aromatic carbocycles. The van der Waals surface area contributed by atoms with Gasteiger partial charge < -0.3 is 10.5 Å². The molecular formula is C10H17N3O.